The summed E-state index contributed by atoms with van der Waals surface area (Å²) in [6, 6.07) is 0. The molecule has 0 bridgehead atoms. The molecule has 3 heterocycles. The average molecular weight is 337 g/mol. The lowest BCUT2D eigenvalue weighted by Crippen LogP contribution is -2.38. The molecule has 124 valence electrons. The lowest BCUT2D eigenvalue weighted by Gasteiger charge is -2.20. The van der Waals surface area contributed by atoms with E-state index in [0.717, 1.165) is 12.1 Å². The van der Waals surface area contributed by atoms with Crippen molar-refractivity contribution < 1.29 is 12.8 Å². The van der Waals surface area contributed by atoms with Gasteiger partial charge in [0.1, 0.15) is 12.0 Å². The molecule has 0 saturated carbocycles. The Labute approximate surface area is 135 Å². The van der Waals surface area contributed by atoms with E-state index in [0.29, 0.717) is 31.1 Å². The molecular formula is C14H19N5O3S. The molecule has 2 aromatic heterocycles. The van der Waals surface area contributed by atoms with Crippen LogP contribution in [0, 0.1) is 5.92 Å². The van der Waals surface area contributed by atoms with Crippen molar-refractivity contribution in [2.45, 2.75) is 12.8 Å². The second kappa shape index (κ2) is 6.34. The fourth-order valence-electron chi connectivity index (χ4n) is 2.62. The first kappa shape index (κ1) is 16.0. The zero-order valence-corrected chi connectivity index (χ0v) is 13.9. The molecule has 23 heavy (non-hydrogen) atoms. The van der Waals surface area contributed by atoms with Crippen LogP contribution >= 0.6 is 0 Å². The van der Waals surface area contributed by atoms with Crippen LogP contribution in [0.2, 0.25) is 0 Å². The van der Waals surface area contributed by atoms with Crippen LogP contribution in [-0.4, -0.2) is 59.2 Å². The topological polar surface area (TPSA) is 92.4 Å². The molecule has 3 rings (SSSR count). The zero-order valence-electron chi connectivity index (χ0n) is 13.1. The Kier molecular flexibility index (Phi) is 4.42. The number of rotatable bonds is 5. The van der Waals surface area contributed by atoms with Gasteiger partial charge in [-0.05, 0) is 18.8 Å². The molecule has 0 radical (unpaired) electrons. The Morgan fingerprint density at radius 3 is 2.74 bits per heavy atom. The van der Waals surface area contributed by atoms with E-state index in [1.165, 1.54) is 14.9 Å². The highest BCUT2D eigenvalue weighted by Gasteiger charge is 2.32. The number of aromatic nitrogens is 3. The molecule has 1 aliphatic heterocycles. The van der Waals surface area contributed by atoms with Crippen LogP contribution in [0.25, 0.3) is 11.6 Å². The van der Waals surface area contributed by atoms with Gasteiger partial charge in [-0.3, -0.25) is 4.98 Å². The van der Waals surface area contributed by atoms with Gasteiger partial charge in [-0.25, -0.2) is 9.97 Å². The van der Waals surface area contributed by atoms with Crippen LogP contribution in [0.3, 0.4) is 0 Å². The van der Waals surface area contributed by atoms with Gasteiger partial charge < -0.3 is 4.42 Å². The van der Waals surface area contributed by atoms with Crippen LogP contribution in [0.5, 0.6) is 0 Å². The third-order valence-corrected chi connectivity index (χ3v) is 5.80. The molecule has 0 aromatic carbocycles. The minimum Gasteiger partial charge on any atom is -0.443 e. The molecule has 8 nitrogen and oxygen atoms in total. The van der Waals surface area contributed by atoms with Gasteiger partial charge in [-0.15, -0.1) is 0 Å². The van der Waals surface area contributed by atoms with Crippen molar-refractivity contribution >= 4 is 10.2 Å². The summed E-state index contributed by atoms with van der Waals surface area (Å²) in [4.78, 5) is 12.7. The van der Waals surface area contributed by atoms with E-state index < -0.39 is 10.2 Å². The van der Waals surface area contributed by atoms with Crippen LogP contribution in [0.15, 0.2) is 29.3 Å². The number of hydrogen-bond acceptors (Lipinski definition) is 6. The third kappa shape index (κ3) is 3.41. The van der Waals surface area contributed by atoms with Gasteiger partial charge in [0.2, 0.25) is 5.89 Å². The second-order valence-electron chi connectivity index (χ2n) is 5.74. The Hall–Kier alpha value is -1.84. The van der Waals surface area contributed by atoms with Crippen molar-refractivity contribution in [3.63, 3.8) is 0 Å². The highest BCUT2D eigenvalue weighted by atomic mass is 32.2. The lowest BCUT2D eigenvalue weighted by molar-refractivity contribution is 0.409. The monoisotopic (exact) mass is 337 g/mol. The molecule has 1 unspecified atom stereocenters. The van der Waals surface area contributed by atoms with E-state index in [1.54, 1.807) is 32.7 Å². The summed E-state index contributed by atoms with van der Waals surface area (Å²) in [5.41, 5.74) is 1.43. The van der Waals surface area contributed by atoms with E-state index >= 15 is 0 Å². The highest BCUT2D eigenvalue weighted by molar-refractivity contribution is 7.86. The van der Waals surface area contributed by atoms with Gasteiger partial charge in [0, 0.05) is 33.4 Å². The summed E-state index contributed by atoms with van der Waals surface area (Å²) in [5, 5.41) is 0. The van der Waals surface area contributed by atoms with Crippen molar-refractivity contribution in [1.82, 2.24) is 23.6 Å². The summed E-state index contributed by atoms with van der Waals surface area (Å²) in [5.74, 6) is 0.694. The smallest absolute Gasteiger partial charge is 0.281 e. The Bertz CT molecular complexity index is 743. The molecule has 1 aliphatic rings. The first-order valence-electron chi connectivity index (χ1n) is 7.35. The summed E-state index contributed by atoms with van der Waals surface area (Å²) in [6.07, 6.45) is 7.91. The quantitative estimate of drug-likeness (QED) is 0.801. The van der Waals surface area contributed by atoms with E-state index in [1.807, 2.05) is 0 Å². The first-order chi connectivity index (χ1) is 11.0. The second-order valence-corrected chi connectivity index (χ2v) is 7.88. The summed E-state index contributed by atoms with van der Waals surface area (Å²) in [7, 11) is -0.226. The van der Waals surface area contributed by atoms with Crippen molar-refractivity contribution in [1.29, 1.82) is 0 Å². The molecule has 0 N–H and O–H groups in total. The van der Waals surface area contributed by atoms with Crippen molar-refractivity contribution in [2.75, 3.05) is 27.2 Å². The van der Waals surface area contributed by atoms with Crippen molar-refractivity contribution in [2.24, 2.45) is 5.92 Å². The SMILES string of the molecule is CN(C)S(=O)(=O)N1CCC(Cc2cnc(-c3ncco3)cn2)C1. The predicted octanol–water partition coefficient (Wildman–Crippen LogP) is 0.802. The first-order valence-corrected chi connectivity index (χ1v) is 8.75. The number of nitrogens with zero attached hydrogens (tertiary/aromatic N) is 5. The molecule has 1 saturated heterocycles. The molecule has 1 fully saturated rings. The maximum Gasteiger partial charge on any atom is 0.281 e. The van der Waals surface area contributed by atoms with Gasteiger partial charge in [0.05, 0.1) is 18.1 Å². The van der Waals surface area contributed by atoms with Crippen LogP contribution in [0.4, 0.5) is 0 Å². The maximum atomic E-state index is 12.1. The van der Waals surface area contributed by atoms with Crippen LogP contribution in [-0.2, 0) is 16.6 Å². The summed E-state index contributed by atoms with van der Waals surface area (Å²) < 4.78 is 32.2. The fraction of sp³-hybridized carbons (Fsp3) is 0.500. The van der Waals surface area contributed by atoms with Gasteiger partial charge >= 0.3 is 0 Å². The van der Waals surface area contributed by atoms with E-state index in [-0.39, 0.29) is 5.92 Å². The predicted molar refractivity (Wildman–Crippen MR) is 83.5 cm³/mol. The van der Waals surface area contributed by atoms with Crippen molar-refractivity contribution in [3.05, 3.63) is 30.5 Å². The Morgan fingerprint density at radius 2 is 2.13 bits per heavy atom. The van der Waals surface area contributed by atoms with Gasteiger partial charge in [-0.2, -0.15) is 17.0 Å². The molecule has 0 amide bonds. The van der Waals surface area contributed by atoms with E-state index in [9.17, 15) is 8.42 Å². The zero-order chi connectivity index (χ0) is 16.4. The third-order valence-electron chi connectivity index (χ3n) is 3.89. The molecule has 1 atom stereocenters. The molecule has 0 spiro atoms. The highest BCUT2D eigenvalue weighted by Crippen LogP contribution is 2.23. The van der Waals surface area contributed by atoms with Crippen molar-refractivity contribution in [3.8, 4) is 11.6 Å². The Morgan fingerprint density at radius 1 is 1.30 bits per heavy atom. The normalized spacial score (nSPS) is 19.5. The van der Waals surface area contributed by atoms with E-state index in [2.05, 4.69) is 15.0 Å². The molecule has 0 aliphatic carbocycles. The molecule has 2 aromatic rings. The Balaban J connectivity index is 1.63. The summed E-state index contributed by atoms with van der Waals surface area (Å²) in [6.45, 7) is 1.07. The lowest BCUT2D eigenvalue weighted by atomic mass is 10.0. The minimum absolute atomic E-state index is 0.256. The molecular weight excluding hydrogens is 318 g/mol. The van der Waals surface area contributed by atoms with Crippen LogP contribution < -0.4 is 0 Å². The number of oxazole rings is 1. The minimum atomic E-state index is -3.33. The van der Waals surface area contributed by atoms with Gasteiger partial charge in [0.15, 0.2) is 0 Å². The van der Waals surface area contributed by atoms with Gasteiger partial charge in [0.25, 0.3) is 10.2 Å². The molecule has 9 heteroatoms. The maximum absolute atomic E-state index is 12.1. The van der Waals surface area contributed by atoms with Crippen LogP contribution in [0.1, 0.15) is 12.1 Å². The fourth-order valence-corrected chi connectivity index (χ4v) is 3.82. The van der Waals surface area contributed by atoms with E-state index in [4.69, 9.17) is 4.42 Å². The average Bonchev–Trinajstić information content (AvgIpc) is 3.19. The number of hydrogen-bond donors (Lipinski definition) is 0. The van der Waals surface area contributed by atoms with Gasteiger partial charge in [-0.1, -0.05) is 0 Å². The standard InChI is InChI=1S/C14H19N5O3S/c1-18(2)23(20,21)19-5-3-11(10-19)7-12-8-17-13(9-16-12)14-15-4-6-22-14/h4,6,8-9,11H,3,5,7,10H2,1-2H3. The largest absolute Gasteiger partial charge is 0.443 e. The summed E-state index contributed by atoms with van der Waals surface area (Å²) >= 11 is 0.